The highest BCUT2D eigenvalue weighted by molar-refractivity contribution is 6.30. The van der Waals surface area contributed by atoms with Gasteiger partial charge in [0, 0.05) is 84.0 Å². The van der Waals surface area contributed by atoms with Gasteiger partial charge in [-0.15, -0.1) is 0 Å². The molecule has 89 heavy (non-hydrogen) atoms. The van der Waals surface area contributed by atoms with Crippen LogP contribution in [0.1, 0.15) is 101 Å². The van der Waals surface area contributed by atoms with Crippen molar-refractivity contribution in [3.8, 4) is 44.5 Å². The summed E-state index contributed by atoms with van der Waals surface area (Å²) in [4.78, 5) is 4.75. The van der Waals surface area contributed by atoms with Crippen molar-refractivity contribution in [3.05, 3.63) is 276 Å². The van der Waals surface area contributed by atoms with Gasteiger partial charge in [0.15, 0.2) is 0 Å². The van der Waals surface area contributed by atoms with Gasteiger partial charge in [0.1, 0.15) is 33.5 Å². The molecule has 0 bridgehead atoms. The number of nitrogens with zero attached hydrogens (tertiary/aromatic N) is 2. The fraction of sp³-hybridized carbons (Fsp3) is 0.143. The van der Waals surface area contributed by atoms with Crippen molar-refractivity contribution in [2.24, 2.45) is 0 Å². The summed E-state index contributed by atoms with van der Waals surface area (Å²) in [5, 5.41) is 6.05. The number of rotatable bonds is 10. The predicted molar refractivity (Wildman–Crippen MR) is 372 cm³/mol. The zero-order valence-corrected chi connectivity index (χ0v) is 51.4. The maximum Gasteiger partial charge on any atom is 0.147 e. The van der Waals surface area contributed by atoms with Crippen molar-refractivity contribution >= 4 is 99.9 Å². The normalized spacial score (nSPS) is 13.8. The summed E-state index contributed by atoms with van der Waals surface area (Å²) in [7, 11) is 0. The summed E-state index contributed by atoms with van der Waals surface area (Å²) < 4.78 is 20.9. The summed E-state index contributed by atoms with van der Waals surface area (Å²) in [5.41, 5.74) is 28.7. The van der Waals surface area contributed by atoms with E-state index in [1.165, 1.54) is 77.9 Å². The lowest BCUT2D eigenvalue weighted by atomic mass is 9.82. The second kappa shape index (κ2) is 19.6. The first-order chi connectivity index (χ1) is 43.2. The molecule has 0 amide bonds. The van der Waals surface area contributed by atoms with Gasteiger partial charge in [-0.25, -0.2) is 0 Å². The fourth-order valence-corrected chi connectivity index (χ4v) is 15.0. The SMILES string of the molecule is CC(C)c1ccc(-c2ccc(N(c3ccc4c(c3)C(C)(C)c3ccccc3-4)c3ccc4c(c3)oc3ccc5c(oc6ccc7oc8cc(N(c9ccc(-c%10ccc(C(C)C)cc%10)cc9)c9ccc%10c(c9)C(C)(C)c9ccccc9-%10)ccc8c7c65)c34)cc2)cc1. The van der Waals surface area contributed by atoms with Crippen molar-refractivity contribution < 1.29 is 13.3 Å². The summed E-state index contributed by atoms with van der Waals surface area (Å²) in [6, 6.07) is 89.3. The van der Waals surface area contributed by atoms with E-state index in [1.54, 1.807) is 0 Å². The number of furan rings is 3. The lowest BCUT2D eigenvalue weighted by Crippen LogP contribution is -2.16. The van der Waals surface area contributed by atoms with Gasteiger partial charge in [0.05, 0.1) is 5.39 Å². The number of fused-ring (bicyclic) bond motifs is 17. The first-order valence-electron chi connectivity index (χ1n) is 31.4. The van der Waals surface area contributed by atoms with E-state index in [1.807, 2.05) is 0 Å². The number of anilines is 6. The molecular weight excluding hydrogens is 1080 g/mol. The third-order valence-corrected chi connectivity index (χ3v) is 19.9. The minimum atomic E-state index is -0.164. The highest BCUT2D eigenvalue weighted by Crippen LogP contribution is 2.54. The Morgan fingerprint density at radius 1 is 0.281 bits per heavy atom. The molecule has 0 saturated carbocycles. The Balaban J connectivity index is 0.770. The molecule has 0 unspecified atom stereocenters. The average Bonchev–Trinajstić information content (AvgIpc) is 1.71. The smallest absolute Gasteiger partial charge is 0.147 e. The van der Waals surface area contributed by atoms with Crippen LogP contribution >= 0.6 is 0 Å². The lowest BCUT2D eigenvalue weighted by Gasteiger charge is -2.28. The first kappa shape index (κ1) is 52.9. The van der Waals surface area contributed by atoms with Gasteiger partial charge in [-0.1, -0.05) is 189 Å². The van der Waals surface area contributed by atoms with Gasteiger partial charge in [-0.05, 0) is 187 Å². The Morgan fingerprint density at radius 3 is 1.08 bits per heavy atom. The molecule has 430 valence electrons. The van der Waals surface area contributed by atoms with Gasteiger partial charge >= 0.3 is 0 Å². The molecule has 0 fully saturated rings. The van der Waals surface area contributed by atoms with E-state index < -0.39 is 0 Å². The van der Waals surface area contributed by atoms with Crippen LogP contribution in [0, 0.1) is 0 Å². The maximum absolute atomic E-state index is 7.02. The molecule has 0 saturated heterocycles. The fourth-order valence-electron chi connectivity index (χ4n) is 15.0. The molecule has 5 heteroatoms. The van der Waals surface area contributed by atoms with E-state index in [-0.39, 0.29) is 10.8 Å². The Kier molecular flexibility index (Phi) is 11.6. The molecule has 0 N–H and O–H groups in total. The molecule has 5 nitrogen and oxygen atoms in total. The zero-order valence-electron chi connectivity index (χ0n) is 51.4. The van der Waals surface area contributed by atoms with Crippen LogP contribution in [0.15, 0.2) is 256 Å². The number of hydrogen-bond acceptors (Lipinski definition) is 5. The molecule has 0 spiro atoms. The Bertz CT molecular complexity index is 5360. The van der Waals surface area contributed by atoms with Crippen LogP contribution < -0.4 is 9.80 Å². The number of benzene rings is 12. The standard InChI is InChI=1S/C84H66N2O3/c1-49(2)51-17-21-53(22-18-51)55-25-29-57(30-26-55)85(59-33-37-65-63-13-9-11-15-70(63)83(5,6)72(65)45-59)61-35-39-67-77(47-61)87-74-43-44-75-80(79(67)74)69-41-42-76-81(82(69)89-75)68-40-36-62(48-78(68)88-76)86(58-31-27-56(28-32-58)54-23-19-52(20-24-54)50(3)4)60-34-38-66-64-14-10-12-16-71(64)84(7,8)73(66)46-60/h9-50H,1-8H3. The van der Waals surface area contributed by atoms with Crippen molar-refractivity contribution in [2.75, 3.05) is 9.80 Å². The van der Waals surface area contributed by atoms with Gasteiger partial charge in [0.2, 0.25) is 0 Å². The van der Waals surface area contributed by atoms with Crippen LogP contribution in [0.25, 0.3) is 110 Å². The highest BCUT2D eigenvalue weighted by Gasteiger charge is 2.37. The molecule has 2 aliphatic carbocycles. The van der Waals surface area contributed by atoms with E-state index >= 15 is 0 Å². The largest absolute Gasteiger partial charge is 0.456 e. The van der Waals surface area contributed by atoms with E-state index in [4.69, 9.17) is 13.3 Å². The van der Waals surface area contributed by atoms with Crippen molar-refractivity contribution in [2.45, 2.75) is 78.1 Å². The molecule has 0 aliphatic heterocycles. The minimum absolute atomic E-state index is 0.163. The van der Waals surface area contributed by atoms with E-state index in [0.29, 0.717) is 11.8 Å². The molecule has 3 heterocycles. The zero-order chi connectivity index (χ0) is 60.2. The molecule has 12 aromatic carbocycles. The summed E-state index contributed by atoms with van der Waals surface area (Å²) >= 11 is 0. The van der Waals surface area contributed by atoms with Crippen LogP contribution in [-0.2, 0) is 10.8 Å². The molecule has 17 rings (SSSR count). The number of hydrogen-bond donors (Lipinski definition) is 0. The minimum Gasteiger partial charge on any atom is -0.456 e. The van der Waals surface area contributed by atoms with Crippen LogP contribution in [0.3, 0.4) is 0 Å². The molecule has 3 aromatic heterocycles. The Labute approximate surface area is 518 Å². The summed E-state index contributed by atoms with van der Waals surface area (Å²) in [5.74, 6) is 0.957. The Morgan fingerprint density at radius 2 is 0.618 bits per heavy atom. The summed E-state index contributed by atoms with van der Waals surface area (Å²) in [6.07, 6.45) is 0. The van der Waals surface area contributed by atoms with E-state index in [2.05, 4.69) is 308 Å². The second-order valence-corrected chi connectivity index (χ2v) is 26.4. The van der Waals surface area contributed by atoms with Crippen LogP contribution in [0.5, 0.6) is 0 Å². The molecule has 0 radical (unpaired) electrons. The molecular formula is C84H66N2O3. The molecule has 15 aromatic rings. The van der Waals surface area contributed by atoms with Crippen LogP contribution in [-0.4, -0.2) is 0 Å². The van der Waals surface area contributed by atoms with Gasteiger partial charge in [-0.2, -0.15) is 0 Å². The van der Waals surface area contributed by atoms with Crippen molar-refractivity contribution in [1.29, 1.82) is 0 Å². The quantitative estimate of drug-likeness (QED) is 0.137. The third kappa shape index (κ3) is 8.14. The topological polar surface area (TPSA) is 45.9 Å². The van der Waals surface area contributed by atoms with Crippen molar-refractivity contribution in [1.82, 2.24) is 0 Å². The Hall–Kier alpha value is -10.4. The molecule has 0 atom stereocenters. The van der Waals surface area contributed by atoms with Crippen LogP contribution in [0.2, 0.25) is 0 Å². The van der Waals surface area contributed by atoms with E-state index in [0.717, 1.165) is 99.9 Å². The second-order valence-electron chi connectivity index (χ2n) is 26.4. The highest BCUT2D eigenvalue weighted by atomic mass is 16.3. The van der Waals surface area contributed by atoms with Gasteiger partial charge in [-0.3, -0.25) is 0 Å². The monoisotopic (exact) mass is 1150 g/mol. The average molecular weight is 1150 g/mol. The van der Waals surface area contributed by atoms with Gasteiger partial charge < -0.3 is 23.1 Å². The first-order valence-corrected chi connectivity index (χ1v) is 31.4. The van der Waals surface area contributed by atoms with Gasteiger partial charge in [0.25, 0.3) is 0 Å². The molecule has 2 aliphatic rings. The van der Waals surface area contributed by atoms with E-state index in [9.17, 15) is 0 Å². The summed E-state index contributed by atoms with van der Waals surface area (Å²) in [6.45, 7) is 18.4. The van der Waals surface area contributed by atoms with Crippen molar-refractivity contribution in [3.63, 3.8) is 0 Å². The third-order valence-electron chi connectivity index (χ3n) is 19.9. The maximum atomic E-state index is 7.02. The van der Waals surface area contributed by atoms with Crippen LogP contribution in [0.4, 0.5) is 34.1 Å². The lowest BCUT2D eigenvalue weighted by molar-refractivity contribution is 0.660. The predicted octanol–water partition coefficient (Wildman–Crippen LogP) is 24.5.